The number of nitrogens with zero attached hydrogens (tertiary/aromatic N) is 2. The quantitative estimate of drug-likeness (QED) is 0.127. The number of fused-ring (bicyclic) bond motifs is 12. The first-order chi connectivity index (χ1) is 31.1. The summed E-state index contributed by atoms with van der Waals surface area (Å²) in [6.45, 7) is 24.6. The molecule has 3 aliphatic rings. The van der Waals surface area contributed by atoms with Gasteiger partial charge in [-0.15, -0.1) is 0 Å². The molecule has 0 bridgehead atoms. The van der Waals surface area contributed by atoms with Gasteiger partial charge in [0.05, 0.1) is 66.7 Å². The van der Waals surface area contributed by atoms with Crippen LogP contribution in [-0.2, 0) is 27.9 Å². The van der Waals surface area contributed by atoms with Gasteiger partial charge in [-0.25, -0.2) is 0 Å². The lowest BCUT2D eigenvalue weighted by atomic mass is 9.49. The molecular formula is C55H59B3BrN2O6-. The Balaban J connectivity index is 0.000000121. The minimum absolute atomic E-state index is 0. The van der Waals surface area contributed by atoms with Crippen molar-refractivity contribution in [3.63, 3.8) is 0 Å². The maximum atomic E-state index is 6.28. The molecule has 12 heteroatoms. The maximum Gasteiger partial charge on any atom is 0.494 e. The summed E-state index contributed by atoms with van der Waals surface area (Å²) in [5, 5.41) is 10.5. The first-order valence-corrected chi connectivity index (χ1v) is 24.0. The van der Waals surface area contributed by atoms with E-state index in [0.29, 0.717) is 0 Å². The van der Waals surface area contributed by atoms with Gasteiger partial charge in [-0.2, -0.15) is 0 Å². The Labute approximate surface area is 403 Å². The molecule has 0 aliphatic carbocycles. The summed E-state index contributed by atoms with van der Waals surface area (Å²) in [6, 6.07) is 43.6. The molecule has 7 heterocycles. The van der Waals surface area contributed by atoms with Gasteiger partial charge in [-0.3, -0.25) is 0 Å². The van der Waals surface area contributed by atoms with Crippen molar-refractivity contribution in [1.82, 2.24) is 8.80 Å². The summed E-state index contributed by atoms with van der Waals surface area (Å²) in [6.07, 6.45) is 0. The van der Waals surface area contributed by atoms with Crippen molar-refractivity contribution < 1.29 is 27.9 Å². The molecule has 0 atom stereocenters. The van der Waals surface area contributed by atoms with E-state index in [1.807, 2.05) is 55.4 Å². The van der Waals surface area contributed by atoms with E-state index in [-0.39, 0.29) is 48.2 Å². The Kier molecular flexibility index (Phi) is 10.6. The second kappa shape index (κ2) is 15.4. The molecule has 13 rings (SSSR count). The van der Waals surface area contributed by atoms with Gasteiger partial charge in [0.15, 0.2) is 0 Å². The average Bonchev–Trinajstić information content (AvgIpc) is 4.09. The van der Waals surface area contributed by atoms with E-state index < -0.39 is 14.0 Å². The number of rotatable bonds is 2. The fourth-order valence-electron chi connectivity index (χ4n) is 9.98. The highest BCUT2D eigenvalue weighted by atomic mass is 79.9. The monoisotopic (exact) mass is 955 g/mol. The minimum atomic E-state index is -0.476. The molecule has 67 heavy (non-hydrogen) atoms. The first kappa shape index (κ1) is 46.1. The predicted molar refractivity (Wildman–Crippen MR) is 284 cm³/mol. The van der Waals surface area contributed by atoms with Crippen LogP contribution in [0.15, 0.2) is 126 Å². The van der Waals surface area contributed by atoms with Gasteiger partial charge in [-0.05, 0) is 125 Å². The van der Waals surface area contributed by atoms with Crippen LogP contribution in [0.1, 0.15) is 83.1 Å². The van der Waals surface area contributed by atoms with Gasteiger partial charge in [0.25, 0.3) is 0 Å². The van der Waals surface area contributed by atoms with Gasteiger partial charge in [-0.1, -0.05) is 101 Å². The topological polar surface area (TPSA) is 64.2 Å². The smallest absolute Gasteiger partial charge is 0.405 e. The number of benzene rings is 6. The summed E-state index contributed by atoms with van der Waals surface area (Å²) < 4.78 is 42.3. The fraction of sp³-hybridized carbons (Fsp3) is 0.327. The van der Waals surface area contributed by atoms with Crippen LogP contribution >= 0.6 is 15.9 Å². The van der Waals surface area contributed by atoms with Crippen LogP contribution in [0, 0.1) is 7.43 Å². The maximum absolute atomic E-state index is 6.28. The molecule has 3 saturated heterocycles. The summed E-state index contributed by atoms with van der Waals surface area (Å²) in [4.78, 5) is 0. The van der Waals surface area contributed by atoms with Crippen LogP contribution in [0.5, 0.6) is 0 Å². The van der Waals surface area contributed by atoms with E-state index in [2.05, 4.69) is 174 Å². The number of hydrogen-bond acceptors (Lipinski definition) is 6. The Bertz CT molecular complexity index is 3440. The second-order valence-corrected chi connectivity index (χ2v) is 22.3. The van der Waals surface area contributed by atoms with Crippen LogP contribution in [0.4, 0.5) is 0 Å². The molecule has 3 aliphatic heterocycles. The van der Waals surface area contributed by atoms with Crippen molar-refractivity contribution in [3.8, 4) is 0 Å². The Hall–Kier alpha value is -4.65. The largest absolute Gasteiger partial charge is 0.494 e. The highest BCUT2D eigenvalue weighted by Crippen LogP contribution is 2.44. The van der Waals surface area contributed by atoms with Gasteiger partial charge in [0.1, 0.15) is 0 Å². The zero-order valence-electron chi connectivity index (χ0n) is 41.0. The van der Waals surface area contributed by atoms with E-state index in [9.17, 15) is 0 Å². The first-order valence-electron chi connectivity index (χ1n) is 23.2. The van der Waals surface area contributed by atoms with E-state index in [4.69, 9.17) is 27.9 Å². The van der Waals surface area contributed by atoms with Crippen LogP contribution < -0.4 is 5.46 Å². The Morgan fingerprint density at radius 1 is 0.358 bits per heavy atom. The molecule has 342 valence electrons. The minimum Gasteiger partial charge on any atom is -0.405 e. The van der Waals surface area contributed by atoms with Gasteiger partial charge in [0.2, 0.25) is 0 Å². The third-order valence-corrected chi connectivity index (χ3v) is 16.2. The molecule has 0 N–H and O–H groups in total. The third kappa shape index (κ3) is 6.95. The molecule has 10 aromatic rings. The van der Waals surface area contributed by atoms with Crippen LogP contribution in [0.3, 0.4) is 0 Å². The van der Waals surface area contributed by atoms with Gasteiger partial charge in [0, 0.05) is 47.6 Å². The van der Waals surface area contributed by atoms with Crippen LogP contribution in [0.2, 0.25) is 0 Å². The lowest BCUT2D eigenvalue weighted by Gasteiger charge is -2.32. The summed E-state index contributed by atoms with van der Waals surface area (Å²) in [7, 11) is -1.29. The van der Waals surface area contributed by atoms with Crippen molar-refractivity contribution >= 4 is 119 Å². The number of hydrogen-bond donors (Lipinski definition) is 0. The Morgan fingerprint density at radius 3 is 1.12 bits per heavy atom. The van der Waals surface area contributed by atoms with E-state index in [1.165, 1.54) is 76.2 Å². The molecule has 8 nitrogen and oxygen atoms in total. The molecule has 3 fully saturated rings. The van der Waals surface area contributed by atoms with Crippen LogP contribution in [0.25, 0.3) is 76.2 Å². The average molecular weight is 956 g/mol. The van der Waals surface area contributed by atoms with Crippen molar-refractivity contribution in [2.24, 2.45) is 0 Å². The van der Waals surface area contributed by atoms with Crippen molar-refractivity contribution in [1.29, 1.82) is 0 Å². The fourth-order valence-corrected chi connectivity index (χ4v) is 10.3. The molecule has 0 radical (unpaired) electrons. The lowest BCUT2D eigenvalue weighted by Crippen LogP contribution is -2.41. The molecule has 0 spiro atoms. The molecule has 0 saturated carbocycles. The summed E-state index contributed by atoms with van der Waals surface area (Å²) in [5.41, 5.74) is 6.65. The van der Waals surface area contributed by atoms with Crippen LogP contribution in [-0.4, -0.2) is 63.5 Å². The van der Waals surface area contributed by atoms with E-state index in [1.54, 1.807) is 0 Å². The molecular weight excluding hydrogens is 897 g/mol. The standard InChI is InChI=1S/C24H22BNO2.C18H10BrN.C12H24B2O4.CH3/c1-23(2)24(3,4)28-25(27-23)15-12-13-21-19(14-15)18-10-7-9-17-16-8-5-6-11-20(16)26(21)22(17)18;19-11-8-9-17-15(10-11)14-6-3-5-13-12-4-1-2-7-16(12)20(17)18(13)14;1-9(2)10(3,4)16-13(15-9)14-17-11(5,6)12(7,8)18-14;/h5-14H,1-4H3;1-10H;1-8H3;1H3/q;;;-1. The molecule has 6 aromatic carbocycles. The summed E-state index contributed by atoms with van der Waals surface area (Å²) in [5.74, 6) is 0. The molecule has 0 unspecified atom stereocenters. The molecule has 0 amide bonds. The predicted octanol–water partition coefficient (Wildman–Crippen LogP) is 13.4. The number of aromatic nitrogens is 2. The zero-order chi connectivity index (χ0) is 46.5. The highest BCUT2D eigenvalue weighted by molar-refractivity contribution is 9.10. The highest BCUT2D eigenvalue weighted by Gasteiger charge is 2.63. The second-order valence-electron chi connectivity index (χ2n) is 21.4. The van der Waals surface area contributed by atoms with Crippen molar-refractivity contribution in [3.05, 3.63) is 133 Å². The molecule has 4 aromatic heterocycles. The number of halogens is 1. The van der Waals surface area contributed by atoms with E-state index >= 15 is 0 Å². The van der Waals surface area contributed by atoms with Gasteiger partial charge >= 0.3 is 21.1 Å². The van der Waals surface area contributed by atoms with Gasteiger partial charge < -0.3 is 44.2 Å². The zero-order valence-corrected chi connectivity index (χ0v) is 42.6. The normalized spacial score (nSPS) is 20.2. The number of para-hydroxylation sites is 4. The SMILES string of the molecule is Brc1ccc2c(c1)c1cccc3c4ccccc4n2c31.CC1(C)OB(B2OC(C)(C)C(C)(C)O2)OC1(C)C.CC1(C)OB(c2ccc3c(c2)c2cccc4c5ccccc5n3c42)OC1(C)C.[CH3-]. The third-order valence-electron chi connectivity index (χ3n) is 15.7. The summed E-state index contributed by atoms with van der Waals surface area (Å²) >= 11 is 3.59. The van der Waals surface area contributed by atoms with E-state index in [0.717, 1.165) is 9.94 Å². The van der Waals surface area contributed by atoms with Crippen molar-refractivity contribution in [2.75, 3.05) is 0 Å². The lowest BCUT2D eigenvalue weighted by molar-refractivity contribution is 0.00578. The van der Waals surface area contributed by atoms with Crippen molar-refractivity contribution in [2.45, 2.75) is 117 Å². The Morgan fingerprint density at radius 2 is 0.687 bits per heavy atom.